The lowest BCUT2D eigenvalue weighted by Crippen LogP contribution is -1.90. The minimum absolute atomic E-state index is 0.0560. The topological polar surface area (TPSA) is 29.5 Å². The molecular formula is C13H9BrClFO2. The maximum Gasteiger partial charge on any atom is 0.148 e. The van der Waals surface area contributed by atoms with Crippen LogP contribution < -0.4 is 4.74 Å². The van der Waals surface area contributed by atoms with Crippen LogP contribution in [-0.4, -0.2) is 5.11 Å². The highest BCUT2D eigenvalue weighted by Crippen LogP contribution is 2.34. The first-order valence-electron chi connectivity index (χ1n) is 5.12. The zero-order valence-electron chi connectivity index (χ0n) is 9.16. The monoisotopic (exact) mass is 330 g/mol. The summed E-state index contributed by atoms with van der Waals surface area (Å²) in [5.41, 5.74) is 0.750. The van der Waals surface area contributed by atoms with Crippen LogP contribution in [0.15, 0.2) is 40.9 Å². The molecule has 0 aliphatic carbocycles. The molecule has 0 heterocycles. The number of benzene rings is 2. The van der Waals surface area contributed by atoms with Gasteiger partial charge in [-0.2, -0.15) is 0 Å². The van der Waals surface area contributed by atoms with Crippen LogP contribution in [0.4, 0.5) is 4.39 Å². The SMILES string of the molecule is OCc1ccc(Oc2cc(F)ccc2Cl)c(Br)c1. The fraction of sp³-hybridized carbons (Fsp3) is 0.0769. The van der Waals surface area contributed by atoms with Crippen molar-refractivity contribution in [1.82, 2.24) is 0 Å². The smallest absolute Gasteiger partial charge is 0.148 e. The van der Waals surface area contributed by atoms with Crippen LogP contribution in [0.1, 0.15) is 5.56 Å². The van der Waals surface area contributed by atoms with E-state index < -0.39 is 5.82 Å². The van der Waals surface area contributed by atoms with Gasteiger partial charge in [0.25, 0.3) is 0 Å². The molecule has 0 unspecified atom stereocenters. The van der Waals surface area contributed by atoms with Gasteiger partial charge in [-0.3, -0.25) is 0 Å². The molecule has 0 spiro atoms. The van der Waals surface area contributed by atoms with Crippen molar-refractivity contribution in [2.24, 2.45) is 0 Å². The van der Waals surface area contributed by atoms with Crippen LogP contribution in [0.3, 0.4) is 0 Å². The van der Waals surface area contributed by atoms with Gasteiger partial charge in [0.15, 0.2) is 0 Å². The molecule has 2 aromatic rings. The first kappa shape index (κ1) is 13.3. The number of hydrogen-bond donors (Lipinski definition) is 1. The molecule has 0 radical (unpaired) electrons. The number of ether oxygens (including phenoxy) is 1. The van der Waals surface area contributed by atoms with Crippen LogP contribution in [0.25, 0.3) is 0 Å². The predicted molar refractivity (Wildman–Crippen MR) is 71.5 cm³/mol. The minimum Gasteiger partial charge on any atom is -0.455 e. The lowest BCUT2D eigenvalue weighted by Gasteiger charge is -2.10. The average Bonchev–Trinajstić information content (AvgIpc) is 2.36. The van der Waals surface area contributed by atoms with E-state index in [2.05, 4.69) is 15.9 Å². The maximum atomic E-state index is 13.1. The van der Waals surface area contributed by atoms with E-state index in [9.17, 15) is 4.39 Å². The molecule has 0 fully saturated rings. The Bertz CT molecular complexity index is 575. The molecule has 5 heteroatoms. The molecule has 0 saturated carbocycles. The van der Waals surface area contributed by atoms with Gasteiger partial charge in [-0.05, 0) is 45.8 Å². The zero-order valence-corrected chi connectivity index (χ0v) is 11.5. The fourth-order valence-electron chi connectivity index (χ4n) is 1.40. The van der Waals surface area contributed by atoms with E-state index in [1.165, 1.54) is 18.2 Å². The predicted octanol–water partition coefficient (Wildman–Crippen LogP) is 4.53. The summed E-state index contributed by atoms with van der Waals surface area (Å²) in [5.74, 6) is 0.325. The quantitative estimate of drug-likeness (QED) is 0.895. The van der Waals surface area contributed by atoms with Gasteiger partial charge in [0.2, 0.25) is 0 Å². The van der Waals surface area contributed by atoms with Gasteiger partial charge in [0, 0.05) is 6.07 Å². The maximum absolute atomic E-state index is 13.1. The van der Waals surface area contributed by atoms with Gasteiger partial charge in [-0.25, -0.2) is 4.39 Å². The van der Waals surface area contributed by atoms with Crippen LogP contribution in [-0.2, 0) is 6.61 Å². The summed E-state index contributed by atoms with van der Waals surface area (Å²) >= 11 is 9.23. The third-order valence-corrected chi connectivity index (χ3v) is 3.22. The highest BCUT2D eigenvalue weighted by atomic mass is 79.9. The van der Waals surface area contributed by atoms with Gasteiger partial charge >= 0.3 is 0 Å². The molecule has 18 heavy (non-hydrogen) atoms. The molecule has 0 aromatic heterocycles. The van der Waals surface area contributed by atoms with Gasteiger partial charge < -0.3 is 9.84 Å². The van der Waals surface area contributed by atoms with Gasteiger partial charge in [0.1, 0.15) is 17.3 Å². The number of halogens is 3. The van der Waals surface area contributed by atoms with E-state index >= 15 is 0 Å². The van der Waals surface area contributed by atoms with Gasteiger partial charge in [0.05, 0.1) is 16.1 Å². The van der Waals surface area contributed by atoms with Crippen molar-refractivity contribution in [3.8, 4) is 11.5 Å². The standard InChI is InChI=1S/C13H9BrClFO2/c14-10-5-8(7-17)1-4-12(10)18-13-6-9(16)2-3-11(13)15/h1-6,17H,7H2. The summed E-state index contributed by atoms with van der Waals surface area (Å²) in [5, 5.41) is 9.32. The van der Waals surface area contributed by atoms with Crippen molar-refractivity contribution in [1.29, 1.82) is 0 Å². The highest BCUT2D eigenvalue weighted by molar-refractivity contribution is 9.10. The number of aliphatic hydroxyl groups excluding tert-OH is 1. The molecule has 0 bridgehead atoms. The van der Waals surface area contributed by atoms with E-state index in [1.807, 2.05) is 0 Å². The molecular weight excluding hydrogens is 322 g/mol. The van der Waals surface area contributed by atoms with Crippen LogP contribution >= 0.6 is 27.5 Å². The fourth-order valence-corrected chi connectivity index (χ4v) is 2.06. The number of hydrogen-bond acceptors (Lipinski definition) is 2. The Morgan fingerprint density at radius 3 is 2.61 bits per heavy atom. The molecule has 2 rings (SSSR count). The summed E-state index contributed by atoms with van der Waals surface area (Å²) in [6.07, 6.45) is 0. The molecule has 0 amide bonds. The molecule has 2 aromatic carbocycles. The van der Waals surface area contributed by atoms with E-state index in [1.54, 1.807) is 18.2 Å². The summed E-state index contributed by atoms with van der Waals surface area (Å²) in [6.45, 7) is -0.0560. The molecule has 2 nitrogen and oxygen atoms in total. The van der Waals surface area contributed by atoms with E-state index in [0.717, 1.165) is 5.56 Å². The van der Waals surface area contributed by atoms with Crippen LogP contribution in [0.5, 0.6) is 11.5 Å². The third kappa shape index (κ3) is 3.02. The lowest BCUT2D eigenvalue weighted by molar-refractivity contribution is 0.281. The van der Waals surface area contributed by atoms with Crippen molar-refractivity contribution >= 4 is 27.5 Å². The zero-order chi connectivity index (χ0) is 13.1. The second-order valence-corrected chi connectivity index (χ2v) is 4.86. The molecule has 94 valence electrons. The van der Waals surface area contributed by atoms with E-state index in [-0.39, 0.29) is 12.4 Å². The van der Waals surface area contributed by atoms with Crippen molar-refractivity contribution in [3.63, 3.8) is 0 Å². The third-order valence-electron chi connectivity index (χ3n) is 2.29. The summed E-state index contributed by atoms with van der Waals surface area (Å²) < 4.78 is 19.3. The first-order valence-corrected chi connectivity index (χ1v) is 6.29. The van der Waals surface area contributed by atoms with E-state index in [0.29, 0.717) is 15.2 Å². The minimum atomic E-state index is -0.419. The van der Waals surface area contributed by atoms with Gasteiger partial charge in [-0.1, -0.05) is 17.7 Å². The molecule has 0 aliphatic rings. The Morgan fingerprint density at radius 1 is 1.17 bits per heavy atom. The van der Waals surface area contributed by atoms with Crippen LogP contribution in [0.2, 0.25) is 5.02 Å². The van der Waals surface area contributed by atoms with Crippen molar-refractivity contribution in [3.05, 3.63) is 57.3 Å². The molecule has 0 atom stereocenters. The van der Waals surface area contributed by atoms with Crippen molar-refractivity contribution in [2.75, 3.05) is 0 Å². The Balaban J connectivity index is 2.31. The lowest BCUT2D eigenvalue weighted by atomic mass is 10.2. The largest absolute Gasteiger partial charge is 0.455 e. The number of aliphatic hydroxyl groups is 1. The second-order valence-electron chi connectivity index (χ2n) is 3.60. The molecule has 0 saturated heterocycles. The van der Waals surface area contributed by atoms with E-state index in [4.69, 9.17) is 21.4 Å². The van der Waals surface area contributed by atoms with Crippen molar-refractivity contribution in [2.45, 2.75) is 6.61 Å². The number of rotatable bonds is 3. The average molecular weight is 332 g/mol. The Kier molecular flexibility index (Phi) is 4.22. The van der Waals surface area contributed by atoms with Crippen LogP contribution in [0, 0.1) is 5.82 Å². The first-order chi connectivity index (χ1) is 8.60. The molecule has 0 aliphatic heterocycles. The Labute approximate surface area is 117 Å². The van der Waals surface area contributed by atoms with Crippen molar-refractivity contribution < 1.29 is 14.2 Å². The molecule has 1 N–H and O–H groups in total. The Morgan fingerprint density at radius 2 is 1.94 bits per heavy atom. The summed E-state index contributed by atoms with van der Waals surface area (Å²) in [4.78, 5) is 0. The Hall–Kier alpha value is -1.10. The second kappa shape index (κ2) is 5.69. The summed E-state index contributed by atoms with van der Waals surface area (Å²) in [7, 11) is 0. The van der Waals surface area contributed by atoms with Gasteiger partial charge in [-0.15, -0.1) is 0 Å². The summed E-state index contributed by atoms with van der Waals surface area (Å²) in [6, 6.07) is 9.03. The highest BCUT2D eigenvalue weighted by Gasteiger charge is 2.08. The normalized spacial score (nSPS) is 10.4.